The fraction of sp³-hybridized carbons (Fsp3) is 1.00. The molecule has 0 aromatic rings. The summed E-state index contributed by atoms with van der Waals surface area (Å²) in [4.78, 5) is 0. The maximum Gasteiger partial charge on any atom is 0.215 e. The number of nitrogens with zero attached hydrogens (tertiary/aromatic N) is 1. The molecule has 1 aliphatic heterocycles. The monoisotopic (exact) mass is 183 g/mol. The van der Waals surface area contributed by atoms with Gasteiger partial charge in [0.1, 0.15) is 5.50 Å². The van der Waals surface area contributed by atoms with Crippen molar-refractivity contribution >= 4 is 21.6 Å². The minimum absolute atomic E-state index is 0.149. The largest absolute Gasteiger partial charge is 0.215 e. The molecule has 10 heavy (non-hydrogen) atoms. The van der Waals surface area contributed by atoms with Crippen LogP contribution >= 0.6 is 11.6 Å². The molecule has 0 bridgehead atoms. The van der Waals surface area contributed by atoms with Gasteiger partial charge in [-0.05, 0) is 13.3 Å². The predicted octanol–water partition coefficient (Wildman–Crippen LogP) is 0.607. The summed E-state index contributed by atoms with van der Waals surface area (Å²) in [7, 11) is -3.01. The van der Waals surface area contributed by atoms with Crippen molar-refractivity contribution in [2.75, 3.05) is 12.3 Å². The van der Waals surface area contributed by atoms with Gasteiger partial charge < -0.3 is 0 Å². The summed E-state index contributed by atoms with van der Waals surface area (Å²) in [5, 5.41) is 0. The molecule has 0 saturated carbocycles. The predicted molar refractivity (Wildman–Crippen MR) is 40.4 cm³/mol. The van der Waals surface area contributed by atoms with E-state index in [-0.39, 0.29) is 11.3 Å². The van der Waals surface area contributed by atoms with Gasteiger partial charge in [-0.3, -0.25) is 0 Å². The van der Waals surface area contributed by atoms with E-state index in [1.54, 1.807) is 6.92 Å². The van der Waals surface area contributed by atoms with Gasteiger partial charge in [0.2, 0.25) is 10.0 Å². The Balaban J connectivity index is 2.66. The van der Waals surface area contributed by atoms with Crippen LogP contribution in [0.5, 0.6) is 0 Å². The topological polar surface area (TPSA) is 37.4 Å². The summed E-state index contributed by atoms with van der Waals surface area (Å²) < 4.78 is 23.4. The van der Waals surface area contributed by atoms with Crippen molar-refractivity contribution in [1.82, 2.24) is 4.31 Å². The van der Waals surface area contributed by atoms with E-state index in [0.29, 0.717) is 6.54 Å². The zero-order valence-electron chi connectivity index (χ0n) is 5.75. The fourth-order valence-corrected chi connectivity index (χ4v) is 2.54. The van der Waals surface area contributed by atoms with Crippen LogP contribution in [0.3, 0.4) is 0 Å². The van der Waals surface area contributed by atoms with Gasteiger partial charge >= 0.3 is 0 Å². The Morgan fingerprint density at radius 2 is 2.30 bits per heavy atom. The van der Waals surface area contributed by atoms with Crippen molar-refractivity contribution in [3.05, 3.63) is 0 Å². The van der Waals surface area contributed by atoms with Crippen LogP contribution in [0.25, 0.3) is 0 Å². The van der Waals surface area contributed by atoms with Gasteiger partial charge in [0, 0.05) is 6.54 Å². The lowest BCUT2D eigenvalue weighted by Gasteiger charge is -2.34. The number of halogens is 1. The molecule has 0 aromatic heterocycles. The Kier molecular flexibility index (Phi) is 2.22. The highest BCUT2D eigenvalue weighted by Crippen LogP contribution is 2.24. The van der Waals surface area contributed by atoms with Crippen LogP contribution in [0, 0.1) is 0 Å². The van der Waals surface area contributed by atoms with Crippen LogP contribution in [-0.2, 0) is 10.0 Å². The second kappa shape index (κ2) is 2.68. The van der Waals surface area contributed by atoms with Gasteiger partial charge in [0.15, 0.2) is 0 Å². The van der Waals surface area contributed by atoms with E-state index in [0.717, 1.165) is 6.42 Å². The van der Waals surface area contributed by atoms with E-state index in [9.17, 15) is 8.42 Å². The number of alkyl halides is 1. The van der Waals surface area contributed by atoms with E-state index in [1.807, 2.05) is 0 Å². The minimum atomic E-state index is -3.01. The van der Waals surface area contributed by atoms with Crippen molar-refractivity contribution < 1.29 is 8.42 Å². The van der Waals surface area contributed by atoms with E-state index in [1.165, 1.54) is 4.31 Å². The van der Waals surface area contributed by atoms with Gasteiger partial charge in [0.05, 0.1) is 5.75 Å². The number of rotatable bonds is 2. The highest BCUT2D eigenvalue weighted by atomic mass is 35.5. The van der Waals surface area contributed by atoms with Gasteiger partial charge in [-0.15, -0.1) is 11.6 Å². The summed E-state index contributed by atoms with van der Waals surface area (Å²) >= 11 is 5.63. The first-order chi connectivity index (χ1) is 4.58. The van der Waals surface area contributed by atoms with E-state index in [4.69, 9.17) is 11.6 Å². The standard InChI is InChI=1S/C5H10ClNO2S/c1-2-10(8,9)7-4-3-5(7)6/h5H,2-4H2,1H3. The molecule has 0 amide bonds. The molecular weight excluding hydrogens is 174 g/mol. The molecule has 1 rings (SSSR count). The fourth-order valence-electron chi connectivity index (χ4n) is 0.811. The molecule has 0 aliphatic carbocycles. The molecule has 1 saturated heterocycles. The van der Waals surface area contributed by atoms with E-state index >= 15 is 0 Å². The van der Waals surface area contributed by atoms with Gasteiger partial charge in [-0.25, -0.2) is 8.42 Å². The quantitative estimate of drug-likeness (QED) is 0.465. The molecule has 1 fully saturated rings. The summed E-state index contributed by atoms with van der Waals surface area (Å²) in [5.41, 5.74) is -0.287. The van der Waals surface area contributed by atoms with Crippen molar-refractivity contribution in [3.63, 3.8) is 0 Å². The number of hydrogen-bond acceptors (Lipinski definition) is 2. The van der Waals surface area contributed by atoms with E-state index < -0.39 is 10.0 Å². The third-order valence-corrected chi connectivity index (χ3v) is 4.07. The zero-order chi connectivity index (χ0) is 7.78. The molecule has 5 heteroatoms. The summed E-state index contributed by atoms with van der Waals surface area (Å²) in [6, 6.07) is 0. The Morgan fingerprint density at radius 3 is 2.40 bits per heavy atom. The Bertz CT molecular complexity index is 214. The first-order valence-electron chi connectivity index (χ1n) is 3.21. The maximum atomic E-state index is 11.0. The minimum Gasteiger partial charge on any atom is -0.212 e. The summed E-state index contributed by atoms with van der Waals surface area (Å²) in [5.74, 6) is 0.149. The van der Waals surface area contributed by atoms with Crippen molar-refractivity contribution in [2.24, 2.45) is 0 Å². The van der Waals surface area contributed by atoms with Crippen LogP contribution in [0.4, 0.5) is 0 Å². The Labute approximate surface area is 66.0 Å². The molecule has 0 aromatic carbocycles. The average Bonchev–Trinajstić information content (AvgIpc) is 1.84. The molecule has 1 unspecified atom stereocenters. The number of sulfonamides is 1. The lowest BCUT2D eigenvalue weighted by molar-refractivity contribution is 0.273. The SMILES string of the molecule is CCS(=O)(=O)N1CCC1Cl. The third-order valence-electron chi connectivity index (χ3n) is 1.62. The highest BCUT2D eigenvalue weighted by molar-refractivity contribution is 7.89. The molecule has 0 N–H and O–H groups in total. The zero-order valence-corrected chi connectivity index (χ0v) is 7.32. The molecule has 0 spiro atoms. The smallest absolute Gasteiger partial charge is 0.212 e. The lowest BCUT2D eigenvalue weighted by Crippen LogP contribution is -2.48. The molecule has 1 heterocycles. The molecule has 60 valence electrons. The second-order valence-corrected chi connectivity index (χ2v) is 4.95. The summed E-state index contributed by atoms with van der Waals surface area (Å²) in [6.45, 7) is 2.21. The molecular formula is C5H10ClNO2S. The maximum absolute atomic E-state index is 11.0. The van der Waals surface area contributed by atoms with Crippen LogP contribution in [-0.4, -0.2) is 30.5 Å². The first-order valence-corrected chi connectivity index (χ1v) is 5.26. The Hall–Kier alpha value is 0.200. The van der Waals surface area contributed by atoms with Crippen LogP contribution in [0.15, 0.2) is 0 Å². The van der Waals surface area contributed by atoms with Gasteiger partial charge in [0.25, 0.3) is 0 Å². The van der Waals surface area contributed by atoms with Gasteiger partial charge in [-0.2, -0.15) is 4.31 Å². The molecule has 0 radical (unpaired) electrons. The number of hydrogen-bond donors (Lipinski definition) is 0. The normalized spacial score (nSPS) is 28.0. The second-order valence-electron chi connectivity index (χ2n) is 2.23. The van der Waals surface area contributed by atoms with Crippen LogP contribution < -0.4 is 0 Å². The lowest BCUT2D eigenvalue weighted by atomic mass is 10.3. The highest BCUT2D eigenvalue weighted by Gasteiger charge is 2.34. The van der Waals surface area contributed by atoms with Gasteiger partial charge in [-0.1, -0.05) is 0 Å². The van der Waals surface area contributed by atoms with E-state index in [2.05, 4.69) is 0 Å². The molecule has 3 nitrogen and oxygen atoms in total. The molecule has 1 atom stereocenters. The van der Waals surface area contributed by atoms with Crippen LogP contribution in [0.2, 0.25) is 0 Å². The summed E-state index contributed by atoms with van der Waals surface area (Å²) in [6.07, 6.45) is 0.779. The first kappa shape index (κ1) is 8.30. The van der Waals surface area contributed by atoms with Crippen LogP contribution in [0.1, 0.15) is 13.3 Å². The van der Waals surface area contributed by atoms with Crippen molar-refractivity contribution in [3.8, 4) is 0 Å². The third kappa shape index (κ3) is 1.28. The average molecular weight is 184 g/mol. The van der Waals surface area contributed by atoms with Crippen molar-refractivity contribution in [1.29, 1.82) is 0 Å². The van der Waals surface area contributed by atoms with Crippen molar-refractivity contribution in [2.45, 2.75) is 18.8 Å². The Morgan fingerprint density at radius 1 is 1.70 bits per heavy atom. The molecule has 1 aliphatic rings.